The highest BCUT2D eigenvalue weighted by Gasteiger charge is 2.27. The first-order valence-corrected chi connectivity index (χ1v) is 7.97. The average Bonchev–Trinajstić information content (AvgIpc) is 2.40. The van der Waals surface area contributed by atoms with Gasteiger partial charge in [0.15, 0.2) is 0 Å². The van der Waals surface area contributed by atoms with Gasteiger partial charge in [-0.1, -0.05) is 30.3 Å². The number of benzene rings is 2. The van der Waals surface area contributed by atoms with Crippen molar-refractivity contribution in [1.82, 2.24) is 4.72 Å². The molecule has 5 heteroatoms. The molecule has 0 fully saturated rings. The summed E-state index contributed by atoms with van der Waals surface area (Å²) < 4.78 is 27.0. The van der Waals surface area contributed by atoms with Gasteiger partial charge < -0.3 is 5.73 Å². The second kappa shape index (κ2) is 4.92. The van der Waals surface area contributed by atoms with Crippen LogP contribution in [0, 0.1) is 0 Å². The van der Waals surface area contributed by atoms with E-state index >= 15 is 0 Å². The van der Waals surface area contributed by atoms with Crippen LogP contribution in [-0.2, 0) is 16.4 Å². The summed E-state index contributed by atoms with van der Waals surface area (Å²) in [6, 6.07) is 14.5. The SMILES string of the molecule is Nc1cccc(S(=O)(=O)NCC2Cc3ccccc32)c1. The highest BCUT2D eigenvalue weighted by atomic mass is 32.2. The number of hydrogen-bond donors (Lipinski definition) is 2. The van der Waals surface area contributed by atoms with Gasteiger partial charge in [0.05, 0.1) is 4.90 Å². The molecule has 0 radical (unpaired) electrons. The maximum atomic E-state index is 12.2. The van der Waals surface area contributed by atoms with Crippen molar-refractivity contribution in [2.24, 2.45) is 0 Å². The van der Waals surface area contributed by atoms with Crippen LogP contribution in [0.5, 0.6) is 0 Å². The summed E-state index contributed by atoms with van der Waals surface area (Å²) in [6.07, 6.45) is 0.926. The molecule has 0 saturated heterocycles. The molecule has 0 bridgehead atoms. The van der Waals surface area contributed by atoms with Crippen molar-refractivity contribution in [3.63, 3.8) is 0 Å². The molecule has 2 aromatic rings. The van der Waals surface area contributed by atoms with Crippen LogP contribution in [0.2, 0.25) is 0 Å². The highest BCUT2D eigenvalue weighted by Crippen LogP contribution is 2.34. The van der Waals surface area contributed by atoms with Crippen LogP contribution in [0.3, 0.4) is 0 Å². The van der Waals surface area contributed by atoms with Crippen molar-refractivity contribution >= 4 is 15.7 Å². The molecule has 104 valence electrons. The lowest BCUT2D eigenvalue weighted by molar-refractivity contribution is 0.552. The molecule has 3 N–H and O–H groups in total. The van der Waals surface area contributed by atoms with Crippen molar-refractivity contribution in [2.75, 3.05) is 12.3 Å². The molecular weight excluding hydrogens is 272 g/mol. The van der Waals surface area contributed by atoms with Crippen molar-refractivity contribution in [3.8, 4) is 0 Å². The van der Waals surface area contributed by atoms with E-state index in [1.165, 1.54) is 17.2 Å². The lowest BCUT2D eigenvalue weighted by Gasteiger charge is -2.30. The Labute approximate surface area is 118 Å². The topological polar surface area (TPSA) is 72.2 Å². The number of fused-ring (bicyclic) bond motifs is 1. The molecule has 0 aliphatic heterocycles. The molecule has 3 rings (SSSR count). The number of rotatable bonds is 4. The number of anilines is 1. The molecule has 20 heavy (non-hydrogen) atoms. The van der Waals surface area contributed by atoms with Crippen LogP contribution in [-0.4, -0.2) is 15.0 Å². The molecule has 0 aromatic heterocycles. The van der Waals surface area contributed by atoms with Crippen LogP contribution < -0.4 is 10.5 Å². The maximum absolute atomic E-state index is 12.2. The minimum absolute atomic E-state index is 0.213. The standard InChI is InChI=1S/C15H16N2O2S/c16-13-5-3-6-14(9-13)20(18,19)17-10-12-8-11-4-1-2-7-15(11)12/h1-7,9,12,17H,8,10,16H2. The van der Waals surface area contributed by atoms with Gasteiger partial charge in [0.2, 0.25) is 10.0 Å². The predicted molar refractivity (Wildman–Crippen MR) is 78.9 cm³/mol. The predicted octanol–water partition coefficient (Wildman–Crippen LogP) is 1.89. The number of hydrogen-bond acceptors (Lipinski definition) is 3. The Hall–Kier alpha value is -1.85. The van der Waals surface area contributed by atoms with Crippen LogP contribution in [0.4, 0.5) is 5.69 Å². The number of nitrogens with two attached hydrogens (primary N) is 1. The fourth-order valence-electron chi connectivity index (χ4n) is 2.52. The van der Waals surface area contributed by atoms with Gasteiger partial charge in [-0.05, 0) is 35.7 Å². The maximum Gasteiger partial charge on any atom is 0.240 e. The van der Waals surface area contributed by atoms with Crippen LogP contribution in [0.1, 0.15) is 17.0 Å². The summed E-state index contributed by atoms with van der Waals surface area (Å²) in [5, 5.41) is 0. The Kier molecular flexibility index (Phi) is 3.23. The quantitative estimate of drug-likeness (QED) is 0.844. The average molecular weight is 288 g/mol. The molecule has 1 aliphatic carbocycles. The largest absolute Gasteiger partial charge is 0.399 e. The third-order valence-corrected chi connectivity index (χ3v) is 5.07. The van der Waals surface area contributed by atoms with Crippen LogP contribution >= 0.6 is 0 Å². The van der Waals surface area contributed by atoms with Gasteiger partial charge in [-0.25, -0.2) is 13.1 Å². The first-order chi connectivity index (χ1) is 9.56. The van der Waals surface area contributed by atoms with Crippen molar-refractivity contribution in [3.05, 3.63) is 59.7 Å². The Morgan fingerprint density at radius 2 is 1.95 bits per heavy atom. The lowest BCUT2D eigenvalue weighted by atomic mass is 9.78. The van der Waals surface area contributed by atoms with E-state index in [2.05, 4.69) is 16.9 Å². The van der Waals surface area contributed by atoms with E-state index in [4.69, 9.17) is 5.73 Å². The Morgan fingerprint density at radius 1 is 1.15 bits per heavy atom. The molecular formula is C15H16N2O2S. The number of sulfonamides is 1. The summed E-state index contributed by atoms with van der Waals surface area (Å²) in [6.45, 7) is 0.425. The summed E-state index contributed by atoms with van der Waals surface area (Å²) >= 11 is 0. The van der Waals surface area contributed by atoms with Gasteiger partial charge in [0.1, 0.15) is 0 Å². The number of nitrogens with one attached hydrogen (secondary N) is 1. The molecule has 0 heterocycles. The Bertz CT molecular complexity index is 741. The molecule has 1 aliphatic rings. The Balaban J connectivity index is 1.70. The van der Waals surface area contributed by atoms with Crippen molar-refractivity contribution in [1.29, 1.82) is 0 Å². The van der Waals surface area contributed by atoms with Crippen LogP contribution in [0.15, 0.2) is 53.4 Å². The normalized spacial score (nSPS) is 17.3. The van der Waals surface area contributed by atoms with Crippen molar-refractivity contribution in [2.45, 2.75) is 17.2 Å². The summed E-state index contributed by atoms with van der Waals surface area (Å²) in [7, 11) is -3.49. The summed E-state index contributed by atoms with van der Waals surface area (Å²) in [4.78, 5) is 0.213. The first-order valence-electron chi connectivity index (χ1n) is 6.49. The zero-order valence-electron chi connectivity index (χ0n) is 10.9. The minimum atomic E-state index is -3.49. The first kappa shape index (κ1) is 13.1. The van der Waals surface area contributed by atoms with E-state index in [0.717, 1.165) is 6.42 Å². The molecule has 0 spiro atoms. The summed E-state index contributed by atoms with van der Waals surface area (Å²) in [5.41, 5.74) is 8.61. The van der Waals surface area contributed by atoms with Gasteiger partial charge >= 0.3 is 0 Å². The zero-order chi connectivity index (χ0) is 14.2. The van der Waals surface area contributed by atoms with E-state index in [0.29, 0.717) is 12.2 Å². The van der Waals surface area contributed by atoms with Gasteiger partial charge in [0, 0.05) is 18.2 Å². The van der Waals surface area contributed by atoms with Crippen LogP contribution in [0.25, 0.3) is 0 Å². The van der Waals surface area contributed by atoms with Gasteiger partial charge in [-0.3, -0.25) is 0 Å². The third kappa shape index (κ3) is 2.42. The van der Waals surface area contributed by atoms with E-state index in [1.807, 2.05) is 12.1 Å². The second-order valence-corrected chi connectivity index (χ2v) is 6.79. The third-order valence-electron chi connectivity index (χ3n) is 3.65. The van der Waals surface area contributed by atoms with E-state index in [1.54, 1.807) is 18.2 Å². The van der Waals surface area contributed by atoms with Gasteiger partial charge in [0.25, 0.3) is 0 Å². The molecule has 4 nitrogen and oxygen atoms in total. The smallest absolute Gasteiger partial charge is 0.240 e. The lowest BCUT2D eigenvalue weighted by Crippen LogP contribution is -2.33. The fraction of sp³-hybridized carbons (Fsp3) is 0.200. The molecule has 1 unspecified atom stereocenters. The molecule has 0 saturated carbocycles. The molecule has 2 aromatic carbocycles. The van der Waals surface area contributed by atoms with E-state index < -0.39 is 10.0 Å². The van der Waals surface area contributed by atoms with Gasteiger partial charge in [-0.2, -0.15) is 0 Å². The highest BCUT2D eigenvalue weighted by molar-refractivity contribution is 7.89. The minimum Gasteiger partial charge on any atom is -0.399 e. The van der Waals surface area contributed by atoms with E-state index in [9.17, 15) is 8.42 Å². The monoisotopic (exact) mass is 288 g/mol. The van der Waals surface area contributed by atoms with Crippen molar-refractivity contribution < 1.29 is 8.42 Å². The van der Waals surface area contributed by atoms with E-state index in [-0.39, 0.29) is 10.8 Å². The number of nitrogen functional groups attached to an aromatic ring is 1. The molecule has 1 atom stereocenters. The fourth-order valence-corrected chi connectivity index (χ4v) is 3.66. The van der Waals surface area contributed by atoms with Gasteiger partial charge in [-0.15, -0.1) is 0 Å². The second-order valence-electron chi connectivity index (χ2n) is 5.02. The Morgan fingerprint density at radius 3 is 2.70 bits per heavy atom. The summed E-state index contributed by atoms with van der Waals surface area (Å²) in [5.74, 6) is 0.266. The molecule has 0 amide bonds. The zero-order valence-corrected chi connectivity index (χ0v) is 11.7.